The van der Waals surface area contributed by atoms with Gasteiger partial charge >= 0.3 is 0 Å². The summed E-state index contributed by atoms with van der Waals surface area (Å²) in [5, 5.41) is 5.59. The molecule has 0 aromatic heterocycles. The van der Waals surface area contributed by atoms with Gasteiger partial charge in [-0.1, -0.05) is 36.4 Å². The molecule has 0 aliphatic rings. The first-order chi connectivity index (χ1) is 14.3. The highest BCUT2D eigenvalue weighted by atomic mass is 16.5. The Labute approximate surface area is 171 Å². The van der Waals surface area contributed by atoms with Crippen LogP contribution in [-0.4, -0.2) is 64.5 Å². The van der Waals surface area contributed by atoms with Gasteiger partial charge in [0.05, 0.1) is 39.6 Å². The lowest BCUT2D eigenvalue weighted by Gasteiger charge is -2.08. The van der Waals surface area contributed by atoms with Gasteiger partial charge in [-0.25, -0.2) is 0 Å². The summed E-state index contributed by atoms with van der Waals surface area (Å²) in [6.07, 6.45) is 0. The number of amides is 2. The summed E-state index contributed by atoms with van der Waals surface area (Å²) in [5.74, 6) is -0.217. The van der Waals surface area contributed by atoms with Crippen LogP contribution < -0.4 is 10.6 Å². The largest absolute Gasteiger partial charge is 0.377 e. The minimum absolute atomic E-state index is 0.109. The van der Waals surface area contributed by atoms with Crippen molar-refractivity contribution in [3.05, 3.63) is 71.8 Å². The highest BCUT2D eigenvalue weighted by Gasteiger charge is 2.03. The summed E-state index contributed by atoms with van der Waals surface area (Å²) in [6, 6.07) is 18.1. The van der Waals surface area contributed by atoms with E-state index in [0.29, 0.717) is 63.9 Å². The van der Waals surface area contributed by atoms with Crippen molar-refractivity contribution in [2.24, 2.45) is 0 Å². The third kappa shape index (κ3) is 9.84. The zero-order valence-electron chi connectivity index (χ0n) is 16.5. The molecule has 0 aliphatic carbocycles. The Morgan fingerprint density at radius 2 is 0.897 bits per heavy atom. The zero-order chi connectivity index (χ0) is 20.6. The summed E-state index contributed by atoms with van der Waals surface area (Å²) in [7, 11) is 0. The van der Waals surface area contributed by atoms with E-state index in [0.717, 1.165) is 0 Å². The van der Waals surface area contributed by atoms with Crippen LogP contribution in [0.2, 0.25) is 0 Å². The Morgan fingerprint density at radius 3 is 1.28 bits per heavy atom. The fourth-order valence-corrected chi connectivity index (χ4v) is 2.40. The number of rotatable bonds is 14. The first kappa shape index (κ1) is 22.5. The molecule has 29 heavy (non-hydrogen) atoms. The average molecular weight is 400 g/mol. The normalized spacial score (nSPS) is 10.5. The molecule has 0 spiro atoms. The van der Waals surface area contributed by atoms with Gasteiger partial charge in [0.25, 0.3) is 11.8 Å². The maximum Gasteiger partial charge on any atom is 0.251 e. The molecule has 2 aromatic carbocycles. The van der Waals surface area contributed by atoms with Gasteiger partial charge in [0.1, 0.15) is 0 Å². The molecule has 0 atom stereocenters. The average Bonchev–Trinajstić information content (AvgIpc) is 2.77. The zero-order valence-corrected chi connectivity index (χ0v) is 16.5. The summed E-state index contributed by atoms with van der Waals surface area (Å²) in [5.41, 5.74) is 1.27. The van der Waals surface area contributed by atoms with Crippen LogP contribution in [-0.2, 0) is 14.2 Å². The number of carbonyl (C=O) groups is 2. The van der Waals surface area contributed by atoms with E-state index in [4.69, 9.17) is 14.2 Å². The minimum atomic E-state index is -0.109. The van der Waals surface area contributed by atoms with Gasteiger partial charge in [-0.2, -0.15) is 0 Å². The molecule has 156 valence electrons. The molecule has 0 bridgehead atoms. The Bertz CT molecular complexity index is 648. The lowest BCUT2D eigenvalue weighted by Crippen LogP contribution is -2.28. The smallest absolute Gasteiger partial charge is 0.251 e. The number of ether oxygens (including phenoxy) is 3. The van der Waals surface area contributed by atoms with E-state index >= 15 is 0 Å². The van der Waals surface area contributed by atoms with E-state index in [9.17, 15) is 9.59 Å². The van der Waals surface area contributed by atoms with Crippen molar-refractivity contribution in [1.82, 2.24) is 10.6 Å². The van der Waals surface area contributed by atoms with Gasteiger partial charge in [-0.15, -0.1) is 0 Å². The van der Waals surface area contributed by atoms with Crippen LogP contribution in [0.1, 0.15) is 20.7 Å². The van der Waals surface area contributed by atoms with Crippen molar-refractivity contribution < 1.29 is 23.8 Å². The molecular formula is C22H28N2O5. The van der Waals surface area contributed by atoms with E-state index in [1.165, 1.54) is 0 Å². The van der Waals surface area contributed by atoms with E-state index in [1.807, 2.05) is 36.4 Å². The van der Waals surface area contributed by atoms with Crippen LogP contribution in [0.5, 0.6) is 0 Å². The molecule has 0 aliphatic heterocycles. The Kier molecular flexibility index (Phi) is 11.1. The molecule has 0 unspecified atom stereocenters. The molecule has 0 radical (unpaired) electrons. The number of benzene rings is 2. The van der Waals surface area contributed by atoms with Crippen molar-refractivity contribution in [1.29, 1.82) is 0 Å². The van der Waals surface area contributed by atoms with Crippen molar-refractivity contribution in [2.45, 2.75) is 0 Å². The third-order valence-electron chi connectivity index (χ3n) is 3.88. The van der Waals surface area contributed by atoms with Crippen LogP contribution in [0.4, 0.5) is 0 Å². The second kappa shape index (κ2) is 14.3. The monoisotopic (exact) mass is 400 g/mol. The van der Waals surface area contributed by atoms with E-state index in [2.05, 4.69) is 10.6 Å². The van der Waals surface area contributed by atoms with E-state index < -0.39 is 0 Å². The molecule has 0 saturated carbocycles. The van der Waals surface area contributed by atoms with E-state index in [1.54, 1.807) is 24.3 Å². The number of nitrogens with one attached hydrogen (secondary N) is 2. The molecule has 2 amide bonds. The quantitative estimate of drug-likeness (QED) is 0.473. The van der Waals surface area contributed by atoms with Crippen LogP contribution in [0, 0.1) is 0 Å². The van der Waals surface area contributed by atoms with E-state index in [-0.39, 0.29) is 11.8 Å². The van der Waals surface area contributed by atoms with Gasteiger partial charge in [0, 0.05) is 24.2 Å². The molecule has 0 fully saturated rings. The summed E-state index contributed by atoms with van der Waals surface area (Å²) < 4.78 is 16.2. The highest BCUT2D eigenvalue weighted by Crippen LogP contribution is 1.98. The Hall–Kier alpha value is -2.74. The summed E-state index contributed by atoms with van der Waals surface area (Å²) in [6.45, 7) is 3.58. The van der Waals surface area contributed by atoms with Gasteiger partial charge in [-0.3, -0.25) is 9.59 Å². The number of hydrogen-bond acceptors (Lipinski definition) is 5. The van der Waals surface area contributed by atoms with Crippen molar-refractivity contribution in [3.63, 3.8) is 0 Å². The topological polar surface area (TPSA) is 85.9 Å². The fourth-order valence-electron chi connectivity index (χ4n) is 2.40. The molecule has 7 nitrogen and oxygen atoms in total. The fraction of sp³-hybridized carbons (Fsp3) is 0.364. The van der Waals surface area contributed by atoms with Crippen molar-refractivity contribution in [3.8, 4) is 0 Å². The molecule has 0 heterocycles. The second-order valence-electron chi connectivity index (χ2n) is 6.08. The van der Waals surface area contributed by atoms with Crippen LogP contribution >= 0.6 is 0 Å². The predicted octanol–water partition coefficient (Wildman–Crippen LogP) is 1.90. The van der Waals surface area contributed by atoms with Gasteiger partial charge in [-0.05, 0) is 24.3 Å². The maximum absolute atomic E-state index is 11.8. The summed E-state index contributed by atoms with van der Waals surface area (Å²) >= 11 is 0. The summed E-state index contributed by atoms with van der Waals surface area (Å²) in [4.78, 5) is 23.6. The molecular weight excluding hydrogens is 372 g/mol. The SMILES string of the molecule is O=C(NCCOCCOCCOCCNC(=O)c1ccccc1)c1ccccc1. The van der Waals surface area contributed by atoms with Crippen molar-refractivity contribution in [2.75, 3.05) is 52.7 Å². The maximum atomic E-state index is 11.8. The molecule has 7 heteroatoms. The first-order valence-corrected chi connectivity index (χ1v) is 9.67. The lowest BCUT2D eigenvalue weighted by atomic mass is 10.2. The van der Waals surface area contributed by atoms with Crippen LogP contribution in [0.25, 0.3) is 0 Å². The van der Waals surface area contributed by atoms with Gasteiger partial charge < -0.3 is 24.8 Å². The lowest BCUT2D eigenvalue weighted by molar-refractivity contribution is 0.0157. The van der Waals surface area contributed by atoms with Gasteiger partial charge in [0.2, 0.25) is 0 Å². The minimum Gasteiger partial charge on any atom is -0.377 e. The second-order valence-corrected chi connectivity index (χ2v) is 6.08. The highest BCUT2D eigenvalue weighted by molar-refractivity contribution is 5.94. The molecule has 2 N–H and O–H groups in total. The standard InChI is InChI=1S/C22H28N2O5/c25-21(19-7-3-1-4-8-19)23-11-13-27-15-17-29-18-16-28-14-12-24-22(26)20-9-5-2-6-10-20/h1-10H,11-18H2,(H,23,25)(H,24,26). The van der Waals surface area contributed by atoms with Crippen LogP contribution in [0.15, 0.2) is 60.7 Å². The van der Waals surface area contributed by atoms with Gasteiger partial charge in [0.15, 0.2) is 0 Å². The molecule has 2 aromatic rings. The Balaban J connectivity index is 1.34. The molecule has 2 rings (SSSR count). The third-order valence-corrected chi connectivity index (χ3v) is 3.88. The molecule has 0 saturated heterocycles. The Morgan fingerprint density at radius 1 is 0.552 bits per heavy atom. The first-order valence-electron chi connectivity index (χ1n) is 9.67. The van der Waals surface area contributed by atoms with Crippen LogP contribution in [0.3, 0.4) is 0 Å². The number of carbonyl (C=O) groups excluding carboxylic acids is 2. The number of hydrogen-bond donors (Lipinski definition) is 2. The van der Waals surface area contributed by atoms with Crippen molar-refractivity contribution >= 4 is 11.8 Å². The predicted molar refractivity (Wildman–Crippen MR) is 110 cm³/mol.